The van der Waals surface area contributed by atoms with Crippen molar-refractivity contribution in [2.24, 2.45) is 0 Å². The van der Waals surface area contributed by atoms with Gasteiger partial charge in [0.15, 0.2) is 0 Å². The van der Waals surface area contributed by atoms with Crippen LogP contribution in [0.4, 0.5) is 24.5 Å². The molecule has 0 aliphatic rings. The first-order valence-corrected chi connectivity index (χ1v) is 10.2. The van der Waals surface area contributed by atoms with Gasteiger partial charge in [0.2, 0.25) is 11.8 Å². The van der Waals surface area contributed by atoms with Crippen LogP contribution in [-0.2, 0) is 22.4 Å². The van der Waals surface area contributed by atoms with Crippen LogP contribution >= 0.6 is 11.3 Å². The molecule has 0 fully saturated rings. The van der Waals surface area contributed by atoms with Crippen molar-refractivity contribution in [3.63, 3.8) is 0 Å². The second kappa shape index (κ2) is 10.1. The lowest BCUT2D eigenvalue weighted by molar-refractivity contribution is -0.274. The lowest BCUT2D eigenvalue weighted by atomic mass is 10.1. The lowest BCUT2D eigenvalue weighted by Crippen LogP contribution is -2.19. The Morgan fingerprint density at radius 3 is 2.16 bits per heavy atom. The molecular weight excluding hydrogens is 429 g/mol. The van der Waals surface area contributed by atoms with E-state index in [1.54, 1.807) is 30.3 Å². The molecular formula is C22H19F3N2O3S. The quantitative estimate of drug-likeness (QED) is 0.485. The predicted molar refractivity (Wildman–Crippen MR) is 113 cm³/mol. The molecule has 0 spiro atoms. The molecule has 162 valence electrons. The summed E-state index contributed by atoms with van der Waals surface area (Å²) in [4.78, 5) is 25.6. The summed E-state index contributed by atoms with van der Waals surface area (Å²) in [5.74, 6) is -0.951. The number of benzene rings is 2. The van der Waals surface area contributed by atoms with Crippen molar-refractivity contribution < 1.29 is 27.5 Å². The van der Waals surface area contributed by atoms with Crippen molar-refractivity contribution in [2.45, 2.75) is 25.6 Å². The second-order valence-corrected chi connectivity index (χ2v) is 7.59. The van der Waals surface area contributed by atoms with Crippen molar-refractivity contribution in [3.8, 4) is 5.75 Å². The minimum Gasteiger partial charge on any atom is -0.406 e. The van der Waals surface area contributed by atoms with Crippen molar-refractivity contribution in [2.75, 3.05) is 10.6 Å². The molecule has 0 atom stereocenters. The molecule has 31 heavy (non-hydrogen) atoms. The number of nitrogens with one attached hydrogen (secondary N) is 2. The molecule has 3 aromatic rings. The molecule has 2 N–H and O–H groups in total. The first-order valence-electron chi connectivity index (χ1n) is 9.35. The molecule has 0 saturated carbocycles. The van der Waals surface area contributed by atoms with E-state index in [9.17, 15) is 22.8 Å². The van der Waals surface area contributed by atoms with Crippen molar-refractivity contribution in [3.05, 3.63) is 76.5 Å². The number of hydrogen-bond donors (Lipinski definition) is 2. The van der Waals surface area contributed by atoms with E-state index in [2.05, 4.69) is 15.4 Å². The Balaban J connectivity index is 1.60. The highest BCUT2D eigenvalue weighted by Crippen LogP contribution is 2.27. The van der Waals surface area contributed by atoms with E-state index in [0.717, 1.165) is 4.88 Å². The summed E-state index contributed by atoms with van der Waals surface area (Å²) in [5, 5.41) is 7.35. The number of alkyl halides is 3. The van der Waals surface area contributed by atoms with E-state index in [4.69, 9.17) is 0 Å². The average molecular weight is 448 g/mol. The van der Waals surface area contributed by atoms with Crippen molar-refractivity contribution in [1.29, 1.82) is 0 Å². The number of carbonyl (C=O) groups excluding carboxylic acids is 2. The van der Waals surface area contributed by atoms with E-state index in [1.165, 1.54) is 29.5 Å². The summed E-state index contributed by atoms with van der Waals surface area (Å²) < 4.78 is 41.6. The van der Waals surface area contributed by atoms with Gasteiger partial charge in [0.25, 0.3) is 0 Å². The zero-order valence-corrected chi connectivity index (χ0v) is 17.1. The normalized spacial score (nSPS) is 11.1. The van der Waals surface area contributed by atoms with Crippen LogP contribution in [0.5, 0.6) is 5.75 Å². The fourth-order valence-corrected chi connectivity index (χ4v) is 3.57. The van der Waals surface area contributed by atoms with E-state index in [0.29, 0.717) is 11.4 Å². The number of amides is 2. The molecule has 0 unspecified atom stereocenters. The van der Waals surface area contributed by atoms with Crippen molar-refractivity contribution >= 4 is 34.5 Å². The fourth-order valence-electron chi connectivity index (χ4n) is 2.86. The van der Waals surface area contributed by atoms with E-state index >= 15 is 0 Å². The Morgan fingerprint density at radius 2 is 1.52 bits per heavy atom. The van der Waals surface area contributed by atoms with E-state index in [-0.39, 0.29) is 36.5 Å². The van der Waals surface area contributed by atoms with Crippen LogP contribution in [0.3, 0.4) is 0 Å². The highest BCUT2D eigenvalue weighted by atomic mass is 32.1. The van der Waals surface area contributed by atoms with Gasteiger partial charge < -0.3 is 15.4 Å². The van der Waals surface area contributed by atoms with Crippen LogP contribution in [0.15, 0.2) is 66.0 Å². The molecule has 1 aromatic heterocycles. The summed E-state index contributed by atoms with van der Waals surface area (Å²) in [6.45, 7) is 0. The third kappa shape index (κ3) is 7.14. The van der Waals surface area contributed by atoms with Gasteiger partial charge >= 0.3 is 6.36 Å². The van der Waals surface area contributed by atoms with E-state index in [1.807, 2.05) is 17.5 Å². The summed E-state index contributed by atoms with van der Waals surface area (Å²) in [7, 11) is 0. The average Bonchev–Trinajstić information content (AvgIpc) is 3.20. The molecule has 0 radical (unpaired) electrons. The topological polar surface area (TPSA) is 67.4 Å². The van der Waals surface area contributed by atoms with Crippen LogP contribution in [0.1, 0.15) is 16.9 Å². The van der Waals surface area contributed by atoms with Gasteiger partial charge in [-0.15, -0.1) is 24.5 Å². The predicted octanol–water partition coefficient (Wildman–Crippen LogP) is 5.40. The smallest absolute Gasteiger partial charge is 0.406 e. The standard InChI is InChI=1S/C22H19F3N2O3S/c23-22(24,25)30-19-10-4-1-6-15(19)11-12-20(28)26-17-8-2-3-9-18(17)27-21(29)14-16-7-5-13-31-16/h1-10,13H,11-12,14H2,(H,26,28)(H,27,29). The molecule has 0 aliphatic carbocycles. The number of halogens is 3. The van der Waals surface area contributed by atoms with Gasteiger partial charge in [0.05, 0.1) is 17.8 Å². The third-order valence-electron chi connectivity index (χ3n) is 4.21. The zero-order chi connectivity index (χ0) is 22.3. The number of anilines is 2. The van der Waals surface area contributed by atoms with Gasteiger partial charge in [-0.05, 0) is 41.6 Å². The van der Waals surface area contributed by atoms with E-state index < -0.39 is 12.3 Å². The Kier molecular flexibility index (Phi) is 7.30. The molecule has 3 rings (SSSR count). The Morgan fingerprint density at radius 1 is 0.871 bits per heavy atom. The lowest BCUT2D eigenvalue weighted by Gasteiger charge is -2.14. The number of carbonyl (C=O) groups is 2. The molecule has 0 aliphatic heterocycles. The summed E-state index contributed by atoms with van der Waals surface area (Å²) in [6.07, 6.45) is -4.59. The Hall–Kier alpha value is -3.33. The Bertz CT molecular complexity index is 1040. The van der Waals surface area contributed by atoms with Gasteiger partial charge in [-0.2, -0.15) is 0 Å². The number of aryl methyl sites for hydroxylation is 1. The summed E-state index contributed by atoms with van der Waals surface area (Å²) in [6, 6.07) is 16.1. The van der Waals surface area contributed by atoms with Gasteiger partial charge in [-0.3, -0.25) is 9.59 Å². The largest absolute Gasteiger partial charge is 0.573 e. The molecule has 1 heterocycles. The van der Waals surface area contributed by atoms with Gasteiger partial charge in [0, 0.05) is 11.3 Å². The molecule has 2 amide bonds. The first kappa shape index (κ1) is 22.4. The van der Waals surface area contributed by atoms with Crippen molar-refractivity contribution in [1.82, 2.24) is 0 Å². The number of para-hydroxylation sites is 3. The molecule has 0 bridgehead atoms. The van der Waals surface area contributed by atoms with Gasteiger partial charge in [0.1, 0.15) is 5.75 Å². The second-order valence-electron chi connectivity index (χ2n) is 6.55. The first-order chi connectivity index (χ1) is 14.8. The van der Waals surface area contributed by atoms with Gasteiger partial charge in [-0.25, -0.2) is 0 Å². The van der Waals surface area contributed by atoms with Crippen LogP contribution in [0.25, 0.3) is 0 Å². The maximum atomic E-state index is 12.5. The van der Waals surface area contributed by atoms with Crippen LogP contribution in [-0.4, -0.2) is 18.2 Å². The highest BCUT2D eigenvalue weighted by Gasteiger charge is 2.32. The number of rotatable bonds is 8. The monoisotopic (exact) mass is 448 g/mol. The molecule has 9 heteroatoms. The zero-order valence-electron chi connectivity index (χ0n) is 16.2. The number of ether oxygens (including phenoxy) is 1. The van der Waals surface area contributed by atoms with Crippen LogP contribution in [0, 0.1) is 0 Å². The molecule has 0 saturated heterocycles. The number of hydrogen-bond acceptors (Lipinski definition) is 4. The summed E-state index contributed by atoms with van der Waals surface area (Å²) >= 11 is 1.47. The summed E-state index contributed by atoms with van der Waals surface area (Å²) in [5.41, 5.74) is 1.12. The maximum absolute atomic E-state index is 12.5. The third-order valence-corrected chi connectivity index (χ3v) is 5.09. The minimum absolute atomic E-state index is 0.0598. The molecule has 2 aromatic carbocycles. The SMILES string of the molecule is O=C(CCc1ccccc1OC(F)(F)F)Nc1ccccc1NC(=O)Cc1cccs1. The van der Waals surface area contributed by atoms with Crippen LogP contribution in [0.2, 0.25) is 0 Å². The Labute approximate surface area is 180 Å². The highest BCUT2D eigenvalue weighted by molar-refractivity contribution is 7.10. The van der Waals surface area contributed by atoms with Gasteiger partial charge in [-0.1, -0.05) is 36.4 Å². The fraction of sp³-hybridized carbons (Fsp3) is 0.182. The minimum atomic E-state index is -4.81. The molecule has 5 nitrogen and oxygen atoms in total. The van der Waals surface area contributed by atoms with Crippen LogP contribution < -0.4 is 15.4 Å². The maximum Gasteiger partial charge on any atom is 0.573 e. The number of thiophene rings is 1.